The summed E-state index contributed by atoms with van der Waals surface area (Å²) in [4.78, 5) is 156. The van der Waals surface area contributed by atoms with Crippen molar-refractivity contribution < 1.29 is 19.2 Å². The van der Waals surface area contributed by atoms with Crippen molar-refractivity contribution in [2.45, 2.75) is 31.4 Å². The van der Waals surface area contributed by atoms with Gasteiger partial charge in [-0.25, -0.2) is 49.3 Å². The van der Waals surface area contributed by atoms with Gasteiger partial charge >= 0.3 is 17.1 Å². The first kappa shape index (κ1) is 78.8. The van der Waals surface area contributed by atoms with E-state index in [1.165, 1.54) is 94.9 Å². The molecule has 1 aliphatic heterocycles. The molecule has 0 aromatic carbocycles. The second-order valence-corrected chi connectivity index (χ2v) is 27.9. The van der Waals surface area contributed by atoms with E-state index in [0.29, 0.717) is 54.6 Å². The Balaban J connectivity index is 0.000000217. The van der Waals surface area contributed by atoms with Crippen molar-refractivity contribution in [2.24, 2.45) is 26.1 Å². The Labute approximate surface area is 616 Å². The van der Waals surface area contributed by atoms with Gasteiger partial charge in [-0.3, -0.25) is 71.8 Å². The number of anilines is 4. The lowest BCUT2D eigenvalue weighted by Gasteiger charge is -2.09. The lowest BCUT2D eigenvalue weighted by molar-refractivity contribution is -0.117. The van der Waals surface area contributed by atoms with E-state index in [2.05, 4.69) is 150 Å². The molecule has 0 saturated heterocycles. The molecule has 0 fully saturated rings. The minimum Gasteiger partial charge on any atom is -0.383 e. The van der Waals surface area contributed by atoms with Crippen LogP contribution in [0.25, 0.3) is 22.3 Å². The first-order chi connectivity index (χ1) is 44.8. The van der Waals surface area contributed by atoms with Crippen molar-refractivity contribution in [1.29, 1.82) is 0 Å². The zero-order valence-corrected chi connectivity index (χ0v) is 63.7. The molecule has 0 radical (unpaired) electrons. The van der Waals surface area contributed by atoms with E-state index in [1.807, 2.05) is 18.2 Å². The maximum atomic E-state index is 13.0. The highest BCUT2D eigenvalue weighted by atomic mass is 79.9. The topological polar surface area (TPSA) is 409 Å². The lowest BCUT2D eigenvalue weighted by Crippen LogP contribution is -2.40. The molecule has 11 aromatic heterocycles. The van der Waals surface area contributed by atoms with Gasteiger partial charge in [0.05, 0.1) is 42.0 Å². The first-order valence-electron chi connectivity index (χ1n) is 25.7. The fourth-order valence-corrected chi connectivity index (χ4v) is 11.4. The number of thiazole rings is 4. The van der Waals surface area contributed by atoms with Gasteiger partial charge in [-0.05, 0) is 99.6 Å². The van der Waals surface area contributed by atoms with Crippen LogP contribution in [0.3, 0.4) is 0 Å². The predicted molar refractivity (Wildman–Crippen MR) is 391 cm³/mol. The zero-order valence-electron chi connectivity index (χ0n) is 48.5. The fourth-order valence-electron chi connectivity index (χ4n) is 7.29. The van der Waals surface area contributed by atoms with E-state index in [-0.39, 0.29) is 94.0 Å². The van der Waals surface area contributed by atoms with Gasteiger partial charge in [0.1, 0.15) is 48.1 Å². The summed E-state index contributed by atoms with van der Waals surface area (Å²) in [6.07, 6.45) is 8.23. The standard InChI is InChI=1S/C17H14BrN7O3S.C11H9BrN6O3S.C7H7N3O2.C6H6BrN.C5H4BrClN2OS.C3H3BrN2S.C2H2Cl2O.BrH/c1-23-14-13(15(27)25(17(23)28)6-10-4-2-3-5-19-10)24(9-20-14)7-12(26)21-11-8-29-16(18)22-11;1-17-8-7(9(20)16-11(17)21)18(4-13-8)2-6(19)14-5-3-22-10(12)15-5;1-10-5-4(2-3-8-5)6(11)9-7(10)12;7-5-6-3-1-2-4-8-6;6-5-9-3(2-11-5)8-4(10)1-7;4-3-6-2(5)1-7-3;3-1-2(4)5;/h2-5,8-9H,6-7H2,1H3,(H,21,26);3-4H,2H2,1H3,(H,14,19)(H,16,20,21);3H,2H2,1H3,(H,9,11,12);1-4H,5H2;2H,1H2,(H,8,10);1H,5H2;1H2;1H. The second kappa shape index (κ2) is 38.7. The molecule has 1 aliphatic rings. The van der Waals surface area contributed by atoms with Crippen LogP contribution in [0.1, 0.15) is 17.0 Å². The quantitative estimate of drug-likeness (QED) is 0.0499. The highest BCUT2D eigenvalue weighted by molar-refractivity contribution is 9.11. The predicted octanol–water partition coefficient (Wildman–Crippen LogP) is 7.93. The molecule has 0 atom stereocenters. The summed E-state index contributed by atoms with van der Waals surface area (Å²) in [7, 11) is 4.60. The smallest absolute Gasteiger partial charge is 0.332 e. The summed E-state index contributed by atoms with van der Waals surface area (Å²) < 4.78 is 10.6. The van der Waals surface area contributed by atoms with Gasteiger partial charge in [0.15, 0.2) is 38.0 Å². The van der Waals surface area contributed by atoms with E-state index < -0.39 is 33.4 Å². The maximum absolute atomic E-state index is 13.0. The number of carbonyl (C=O) groups excluding carboxylic acids is 4. The molecule has 0 aliphatic carbocycles. The molecule has 0 bridgehead atoms. The number of nitrogens with zero attached hydrogens (tertiary/aromatic N) is 15. The van der Waals surface area contributed by atoms with E-state index in [1.54, 1.807) is 65.4 Å². The van der Waals surface area contributed by atoms with Crippen LogP contribution >= 0.6 is 177 Å². The Bertz CT molecular complexity index is 4840. The fraction of sp³-hybridized carbons (Fsp3) is 0.196. The normalized spacial score (nSPS) is 10.6. The molecule has 12 heterocycles. The number of fused-ring (bicyclic) bond motifs is 3. The molecular formula is C51H46Br6Cl3N21O10S4. The SMILES string of the molecule is Br.BrCc1ccccn1.Cn1c(=O)[nH]c(=O)c2c1ncn2CC(=O)Nc1csc(Br)n1.Cn1c(=O)n(Cc2ccccn2)c(=O)c2c1ncn2CC(=O)Nc1csc(Br)n1.Cn1c2c(c(=O)[nH]c1=O)CC=N2.Nc1csc(Br)n1.O=C(CCl)Nc1csc(Br)n1.O=C(Cl)CCl. The molecule has 0 spiro atoms. The van der Waals surface area contributed by atoms with E-state index in [9.17, 15) is 47.9 Å². The number of carbonyl (C=O) groups is 4. The van der Waals surface area contributed by atoms with Crippen molar-refractivity contribution in [1.82, 2.24) is 77.2 Å². The van der Waals surface area contributed by atoms with Gasteiger partial charge in [-0.1, -0.05) is 28.1 Å². The largest absolute Gasteiger partial charge is 0.383 e. The van der Waals surface area contributed by atoms with Crippen molar-refractivity contribution in [3.63, 3.8) is 0 Å². The number of alkyl halides is 3. The third-order valence-electron chi connectivity index (χ3n) is 11.4. The number of aromatic amines is 2. The van der Waals surface area contributed by atoms with Gasteiger partial charge in [0.2, 0.25) is 23.0 Å². The first-order valence-corrected chi connectivity index (χ1v) is 35.0. The Hall–Kier alpha value is -6.90. The number of hydrogen-bond acceptors (Lipinski definition) is 24. The molecule has 0 unspecified atom stereocenters. The Morgan fingerprint density at radius 3 is 1.49 bits per heavy atom. The number of aliphatic imine (C=N–C) groups is 1. The number of aromatic nitrogens is 16. The van der Waals surface area contributed by atoms with Gasteiger partial charge in [-0.15, -0.1) is 85.5 Å². The van der Waals surface area contributed by atoms with Crippen molar-refractivity contribution in [3.05, 3.63) is 178 Å². The van der Waals surface area contributed by atoms with Gasteiger partial charge in [0, 0.05) is 73.0 Å². The van der Waals surface area contributed by atoms with Gasteiger partial charge in [0.25, 0.3) is 16.7 Å². The minimum absolute atomic E-state index is 0. The Morgan fingerprint density at radius 2 is 1.07 bits per heavy atom. The van der Waals surface area contributed by atoms with E-state index >= 15 is 0 Å². The molecule has 95 heavy (non-hydrogen) atoms. The molecule has 0 saturated carbocycles. The molecule has 7 N–H and O–H groups in total. The number of nitrogens with two attached hydrogens (primary N) is 1. The zero-order chi connectivity index (χ0) is 68.8. The number of nitrogens with one attached hydrogen (secondary N) is 5. The van der Waals surface area contributed by atoms with Crippen molar-refractivity contribution in [2.75, 3.05) is 33.4 Å². The molecule has 44 heteroatoms. The number of halogens is 9. The van der Waals surface area contributed by atoms with Crippen molar-refractivity contribution in [3.8, 4) is 0 Å². The number of imidazole rings is 2. The molecule has 12 rings (SSSR count). The highest BCUT2D eigenvalue weighted by Gasteiger charge is 2.20. The van der Waals surface area contributed by atoms with Crippen molar-refractivity contribution >= 4 is 257 Å². The second-order valence-electron chi connectivity index (χ2n) is 17.8. The molecular weight excluding hydrogens is 1780 g/mol. The highest BCUT2D eigenvalue weighted by Crippen LogP contribution is 2.22. The summed E-state index contributed by atoms with van der Waals surface area (Å²) in [5.41, 5.74) is 5.30. The van der Waals surface area contributed by atoms with Crippen LogP contribution < -0.4 is 55.4 Å². The Morgan fingerprint density at radius 1 is 0.611 bits per heavy atom. The van der Waals surface area contributed by atoms with Crippen LogP contribution in [0.15, 0.2) is 132 Å². The van der Waals surface area contributed by atoms with E-state index in [4.69, 9.17) is 40.5 Å². The number of rotatable bonds is 12. The summed E-state index contributed by atoms with van der Waals surface area (Å²) >= 11 is 36.4. The third kappa shape index (κ3) is 23.7. The molecule has 502 valence electrons. The lowest BCUT2D eigenvalue weighted by atomic mass is 10.2. The number of amides is 3. The van der Waals surface area contributed by atoms with Crippen LogP contribution in [0.5, 0.6) is 0 Å². The van der Waals surface area contributed by atoms with E-state index in [0.717, 1.165) is 23.4 Å². The van der Waals surface area contributed by atoms with Crippen LogP contribution in [-0.2, 0) is 71.7 Å². The monoisotopic (exact) mass is 1820 g/mol. The number of nitrogen functional groups attached to an aromatic ring is 1. The number of aryl methyl sites for hydroxylation is 2. The molecule has 3 amide bonds. The van der Waals surface area contributed by atoms with Gasteiger partial charge in [-0.2, -0.15) is 0 Å². The Kier molecular flexibility index (Phi) is 32.1. The average Bonchev–Trinajstić information content (AvgIpc) is 1.69. The van der Waals surface area contributed by atoms with Gasteiger partial charge < -0.3 is 30.8 Å². The summed E-state index contributed by atoms with van der Waals surface area (Å²) in [6.45, 7) is -0.248. The van der Waals surface area contributed by atoms with Crippen LogP contribution in [0.2, 0.25) is 0 Å². The average molecular weight is 1830 g/mol. The minimum atomic E-state index is -0.584. The summed E-state index contributed by atoms with van der Waals surface area (Å²) in [6, 6.07) is 11.1. The van der Waals surface area contributed by atoms with Crippen LogP contribution in [0, 0.1) is 0 Å². The maximum Gasteiger partial charge on any atom is 0.332 e. The summed E-state index contributed by atoms with van der Waals surface area (Å²) in [5.74, 6) is 1.31. The number of H-pyrrole nitrogens is 2. The molecule has 31 nitrogen and oxygen atoms in total. The van der Waals surface area contributed by atoms with Crippen LogP contribution in [0.4, 0.5) is 29.1 Å². The van der Waals surface area contributed by atoms with Crippen LogP contribution in [-0.4, -0.2) is 118 Å². The summed E-state index contributed by atoms with van der Waals surface area (Å²) in [5, 5.41) is 15.0. The number of hydrogen-bond donors (Lipinski definition) is 6. The number of pyridine rings is 2. The molecule has 11 aromatic rings. The third-order valence-corrected chi connectivity index (χ3v) is 18.2.